The summed E-state index contributed by atoms with van der Waals surface area (Å²) in [7, 11) is 0. The molecule has 5 nitrogen and oxygen atoms in total. The van der Waals surface area contributed by atoms with Crippen LogP contribution in [0, 0.1) is 6.92 Å². The standard InChI is InChI=1S/C25H24Cl2N2O3/c1-15-5-7-16(8-6-15)23(30)28-21(24(31)29-25(2,3)4)14-18-10-12-22(32-18)19-11-9-17(26)13-20(19)27/h5-14H,1-4H3,(H,28,30)(H,29,31). The first-order valence-corrected chi connectivity index (χ1v) is 10.7. The van der Waals surface area contributed by atoms with Crippen molar-refractivity contribution in [3.05, 3.63) is 87.2 Å². The number of nitrogens with one attached hydrogen (secondary N) is 2. The molecule has 2 amide bonds. The molecule has 1 aromatic heterocycles. The smallest absolute Gasteiger partial charge is 0.268 e. The molecule has 0 spiro atoms. The lowest BCUT2D eigenvalue weighted by Gasteiger charge is -2.21. The molecule has 32 heavy (non-hydrogen) atoms. The third-order valence-corrected chi connectivity index (χ3v) is 4.95. The normalized spacial score (nSPS) is 11.9. The van der Waals surface area contributed by atoms with Crippen molar-refractivity contribution in [2.24, 2.45) is 0 Å². The van der Waals surface area contributed by atoms with Crippen molar-refractivity contribution in [2.75, 3.05) is 0 Å². The van der Waals surface area contributed by atoms with E-state index in [1.165, 1.54) is 6.08 Å². The predicted molar refractivity (Wildman–Crippen MR) is 129 cm³/mol. The monoisotopic (exact) mass is 470 g/mol. The summed E-state index contributed by atoms with van der Waals surface area (Å²) in [6, 6.07) is 15.6. The molecule has 166 valence electrons. The van der Waals surface area contributed by atoms with Crippen LogP contribution >= 0.6 is 23.2 Å². The molecule has 0 radical (unpaired) electrons. The molecular weight excluding hydrogens is 447 g/mol. The van der Waals surface area contributed by atoms with Crippen LogP contribution in [0.2, 0.25) is 10.0 Å². The van der Waals surface area contributed by atoms with Gasteiger partial charge in [-0.3, -0.25) is 9.59 Å². The average molecular weight is 471 g/mol. The van der Waals surface area contributed by atoms with E-state index in [2.05, 4.69) is 10.6 Å². The highest BCUT2D eigenvalue weighted by Crippen LogP contribution is 2.32. The summed E-state index contributed by atoms with van der Waals surface area (Å²) in [6.07, 6.45) is 1.49. The van der Waals surface area contributed by atoms with Gasteiger partial charge in [-0.15, -0.1) is 0 Å². The van der Waals surface area contributed by atoms with Crippen molar-refractivity contribution < 1.29 is 14.0 Å². The largest absolute Gasteiger partial charge is 0.457 e. The maximum absolute atomic E-state index is 12.9. The van der Waals surface area contributed by atoms with Gasteiger partial charge in [0.2, 0.25) is 0 Å². The summed E-state index contributed by atoms with van der Waals surface area (Å²) in [5.74, 6) is 0.0703. The van der Waals surface area contributed by atoms with Gasteiger partial charge in [0.05, 0.1) is 5.02 Å². The number of furan rings is 1. The van der Waals surface area contributed by atoms with Crippen molar-refractivity contribution in [1.82, 2.24) is 10.6 Å². The number of aryl methyl sites for hydroxylation is 1. The fraction of sp³-hybridized carbons (Fsp3) is 0.200. The van der Waals surface area contributed by atoms with Crippen LogP contribution in [0.15, 0.2) is 64.7 Å². The molecule has 0 fully saturated rings. The highest BCUT2D eigenvalue weighted by atomic mass is 35.5. The van der Waals surface area contributed by atoms with Crippen LogP contribution in [0.1, 0.15) is 42.5 Å². The second-order valence-corrected chi connectivity index (χ2v) is 9.25. The Hall–Kier alpha value is -3.02. The Balaban J connectivity index is 1.92. The molecule has 0 saturated carbocycles. The molecule has 0 aliphatic rings. The van der Waals surface area contributed by atoms with Crippen molar-refractivity contribution in [2.45, 2.75) is 33.2 Å². The minimum atomic E-state index is -0.490. The average Bonchev–Trinajstić information content (AvgIpc) is 3.14. The Bertz CT molecular complexity index is 1170. The van der Waals surface area contributed by atoms with Crippen molar-refractivity contribution in [1.29, 1.82) is 0 Å². The third-order valence-electron chi connectivity index (χ3n) is 4.41. The van der Waals surface area contributed by atoms with E-state index in [-0.39, 0.29) is 5.70 Å². The summed E-state index contributed by atoms with van der Waals surface area (Å²) in [5.41, 5.74) is 1.72. The fourth-order valence-corrected chi connectivity index (χ4v) is 3.37. The summed E-state index contributed by atoms with van der Waals surface area (Å²) in [6.45, 7) is 7.51. The summed E-state index contributed by atoms with van der Waals surface area (Å²) < 4.78 is 5.87. The van der Waals surface area contributed by atoms with E-state index in [4.69, 9.17) is 27.6 Å². The van der Waals surface area contributed by atoms with Gasteiger partial charge in [0.1, 0.15) is 17.2 Å². The SMILES string of the molecule is Cc1ccc(C(=O)NC(=Cc2ccc(-c3ccc(Cl)cc3Cl)o2)C(=O)NC(C)(C)C)cc1. The molecule has 2 N–H and O–H groups in total. The molecule has 0 atom stereocenters. The maximum atomic E-state index is 12.9. The highest BCUT2D eigenvalue weighted by Gasteiger charge is 2.20. The molecule has 0 unspecified atom stereocenters. The lowest BCUT2D eigenvalue weighted by Crippen LogP contribution is -2.44. The first kappa shape index (κ1) is 23.6. The van der Waals surface area contributed by atoms with Crippen LogP contribution in [-0.2, 0) is 4.79 Å². The summed E-state index contributed by atoms with van der Waals surface area (Å²) >= 11 is 12.2. The molecule has 0 aliphatic carbocycles. The molecule has 3 aromatic rings. The molecule has 1 heterocycles. The topological polar surface area (TPSA) is 71.3 Å². The number of halogens is 2. The Morgan fingerprint density at radius 1 is 0.969 bits per heavy atom. The first-order chi connectivity index (χ1) is 15.0. The third kappa shape index (κ3) is 6.25. The Labute approximate surface area is 197 Å². The van der Waals surface area contributed by atoms with Crippen LogP contribution in [-0.4, -0.2) is 17.4 Å². The van der Waals surface area contributed by atoms with Crippen LogP contribution < -0.4 is 10.6 Å². The van der Waals surface area contributed by atoms with Crippen LogP contribution in [0.3, 0.4) is 0 Å². The van der Waals surface area contributed by atoms with E-state index in [1.807, 2.05) is 39.8 Å². The van der Waals surface area contributed by atoms with Gasteiger partial charge in [0.15, 0.2) is 0 Å². The van der Waals surface area contributed by atoms with E-state index < -0.39 is 17.4 Å². The molecule has 0 saturated heterocycles. The quantitative estimate of drug-likeness (QED) is 0.433. The van der Waals surface area contributed by atoms with E-state index in [9.17, 15) is 9.59 Å². The van der Waals surface area contributed by atoms with E-state index in [0.717, 1.165) is 5.56 Å². The number of carbonyl (C=O) groups is 2. The van der Waals surface area contributed by atoms with Crippen LogP contribution in [0.4, 0.5) is 0 Å². The Morgan fingerprint density at radius 3 is 2.28 bits per heavy atom. The summed E-state index contributed by atoms with van der Waals surface area (Å²) in [5, 5.41) is 6.52. The van der Waals surface area contributed by atoms with Crippen LogP contribution in [0.5, 0.6) is 0 Å². The van der Waals surface area contributed by atoms with Gasteiger partial charge in [-0.1, -0.05) is 40.9 Å². The van der Waals surface area contributed by atoms with Crippen LogP contribution in [0.25, 0.3) is 17.4 Å². The molecule has 0 bridgehead atoms. The van der Waals surface area contributed by atoms with Gasteiger partial charge in [0, 0.05) is 27.8 Å². The zero-order chi connectivity index (χ0) is 23.5. The van der Waals surface area contributed by atoms with Crippen molar-refractivity contribution in [3.63, 3.8) is 0 Å². The van der Waals surface area contributed by atoms with Crippen molar-refractivity contribution >= 4 is 41.1 Å². The number of rotatable bonds is 5. The lowest BCUT2D eigenvalue weighted by atomic mass is 10.1. The summed E-state index contributed by atoms with van der Waals surface area (Å²) in [4.78, 5) is 25.6. The number of hydrogen-bond donors (Lipinski definition) is 2. The first-order valence-electron chi connectivity index (χ1n) is 9.99. The zero-order valence-corrected chi connectivity index (χ0v) is 19.8. The number of hydrogen-bond acceptors (Lipinski definition) is 3. The second-order valence-electron chi connectivity index (χ2n) is 8.41. The minimum absolute atomic E-state index is 0.0635. The number of benzene rings is 2. The molecular formula is C25H24Cl2N2O3. The number of carbonyl (C=O) groups excluding carboxylic acids is 2. The zero-order valence-electron chi connectivity index (χ0n) is 18.3. The highest BCUT2D eigenvalue weighted by molar-refractivity contribution is 6.36. The van der Waals surface area contributed by atoms with Gasteiger partial charge in [-0.25, -0.2) is 0 Å². The molecule has 7 heteroatoms. The van der Waals surface area contributed by atoms with Crippen molar-refractivity contribution in [3.8, 4) is 11.3 Å². The van der Waals surface area contributed by atoms with E-state index in [0.29, 0.717) is 32.7 Å². The molecule has 2 aromatic carbocycles. The van der Waals surface area contributed by atoms with Gasteiger partial charge in [0.25, 0.3) is 11.8 Å². The van der Waals surface area contributed by atoms with Gasteiger partial charge in [-0.05, 0) is 70.2 Å². The van der Waals surface area contributed by atoms with Gasteiger partial charge >= 0.3 is 0 Å². The Morgan fingerprint density at radius 2 is 1.66 bits per heavy atom. The predicted octanol–water partition coefficient (Wildman–Crippen LogP) is 6.25. The molecule has 0 aliphatic heterocycles. The number of amides is 2. The van der Waals surface area contributed by atoms with Gasteiger partial charge < -0.3 is 15.1 Å². The maximum Gasteiger partial charge on any atom is 0.268 e. The van der Waals surface area contributed by atoms with E-state index >= 15 is 0 Å². The minimum Gasteiger partial charge on any atom is -0.457 e. The Kier molecular flexibility index (Phi) is 7.12. The molecule has 3 rings (SSSR count). The lowest BCUT2D eigenvalue weighted by molar-refractivity contribution is -0.119. The van der Waals surface area contributed by atoms with Gasteiger partial charge in [-0.2, -0.15) is 0 Å². The second kappa shape index (κ2) is 9.63. The fourth-order valence-electron chi connectivity index (χ4n) is 2.87. The van der Waals surface area contributed by atoms with E-state index in [1.54, 1.807) is 42.5 Å².